The number of hydrogen-bond acceptors (Lipinski definition) is 2. The fourth-order valence-electron chi connectivity index (χ4n) is 1.75. The summed E-state index contributed by atoms with van der Waals surface area (Å²) in [6.45, 7) is 10.7. The van der Waals surface area contributed by atoms with Gasteiger partial charge in [0.1, 0.15) is 5.75 Å². The monoisotopic (exact) mass is 235 g/mol. The topological polar surface area (TPSA) is 21.3 Å². The van der Waals surface area contributed by atoms with E-state index in [1.54, 1.807) is 0 Å². The maximum Gasteiger partial charge on any atom is 0.119 e. The van der Waals surface area contributed by atoms with E-state index in [0.29, 0.717) is 12.1 Å². The van der Waals surface area contributed by atoms with E-state index in [-0.39, 0.29) is 6.10 Å². The number of hydrogen-bond donors (Lipinski definition) is 1. The Morgan fingerprint density at radius 3 is 2.12 bits per heavy atom. The van der Waals surface area contributed by atoms with Crippen LogP contribution in [-0.4, -0.2) is 12.1 Å². The highest BCUT2D eigenvalue weighted by molar-refractivity contribution is 5.29. The van der Waals surface area contributed by atoms with Crippen molar-refractivity contribution in [3.63, 3.8) is 0 Å². The van der Waals surface area contributed by atoms with Crippen molar-refractivity contribution in [2.24, 2.45) is 0 Å². The number of rotatable bonds is 6. The molecule has 0 radical (unpaired) electrons. The van der Waals surface area contributed by atoms with Crippen molar-refractivity contribution in [3.8, 4) is 5.75 Å². The Labute approximate surface area is 105 Å². The van der Waals surface area contributed by atoms with Crippen LogP contribution in [0.4, 0.5) is 0 Å². The molecular formula is C15H25NO. The molecule has 0 aliphatic heterocycles. The molecule has 2 atom stereocenters. The molecule has 0 saturated heterocycles. The van der Waals surface area contributed by atoms with E-state index in [0.717, 1.165) is 12.2 Å². The predicted molar refractivity (Wildman–Crippen MR) is 73.5 cm³/mol. The Hall–Kier alpha value is -1.02. The van der Waals surface area contributed by atoms with Gasteiger partial charge in [0.25, 0.3) is 0 Å². The molecule has 1 N–H and O–H groups in total. The zero-order valence-corrected chi connectivity index (χ0v) is 11.7. The van der Waals surface area contributed by atoms with Crippen LogP contribution in [0.1, 0.15) is 52.6 Å². The molecule has 0 amide bonds. The molecule has 0 spiro atoms. The number of ether oxygens (including phenoxy) is 1. The van der Waals surface area contributed by atoms with Gasteiger partial charge in [0.2, 0.25) is 0 Å². The van der Waals surface area contributed by atoms with Gasteiger partial charge < -0.3 is 10.1 Å². The molecular weight excluding hydrogens is 210 g/mol. The molecule has 96 valence electrons. The molecule has 0 aliphatic carbocycles. The van der Waals surface area contributed by atoms with Gasteiger partial charge in [-0.1, -0.05) is 32.9 Å². The molecule has 0 fully saturated rings. The van der Waals surface area contributed by atoms with Gasteiger partial charge in [0.15, 0.2) is 0 Å². The summed E-state index contributed by atoms with van der Waals surface area (Å²) < 4.78 is 5.76. The average molecular weight is 235 g/mol. The summed E-state index contributed by atoms with van der Waals surface area (Å²) in [5.41, 5.74) is 1.30. The van der Waals surface area contributed by atoms with E-state index >= 15 is 0 Å². The number of nitrogens with one attached hydrogen (secondary N) is 1. The van der Waals surface area contributed by atoms with Crippen LogP contribution in [0.25, 0.3) is 0 Å². The van der Waals surface area contributed by atoms with Crippen molar-refractivity contribution in [2.45, 2.75) is 59.2 Å². The summed E-state index contributed by atoms with van der Waals surface area (Å²) in [7, 11) is 0. The first-order valence-electron chi connectivity index (χ1n) is 6.55. The van der Waals surface area contributed by atoms with Crippen LogP contribution >= 0.6 is 0 Å². The molecule has 0 bridgehead atoms. The van der Waals surface area contributed by atoms with Gasteiger partial charge >= 0.3 is 0 Å². The number of benzene rings is 1. The minimum Gasteiger partial charge on any atom is -0.491 e. The van der Waals surface area contributed by atoms with E-state index in [9.17, 15) is 0 Å². The van der Waals surface area contributed by atoms with Crippen LogP contribution in [0.2, 0.25) is 0 Å². The highest BCUT2D eigenvalue weighted by atomic mass is 16.5. The third kappa shape index (κ3) is 4.78. The van der Waals surface area contributed by atoms with Crippen molar-refractivity contribution in [1.29, 1.82) is 0 Å². The molecule has 1 aromatic rings. The average Bonchev–Trinajstić information content (AvgIpc) is 2.28. The Bertz CT molecular complexity index is 318. The summed E-state index contributed by atoms with van der Waals surface area (Å²) in [5, 5.41) is 3.49. The fraction of sp³-hybridized carbons (Fsp3) is 0.600. The van der Waals surface area contributed by atoms with E-state index in [4.69, 9.17) is 4.74 Å². The molecule has 2 heteroatoms. The maximum atomic E-state index is 5.76. The lowest BCUT2D eigenvalue weighted by molar-refractivity contribution is 0.217. The Morgan fingerprint density at radius 2 is 1.65 bits per heavy atom. The summed E-state index contributed by atoms with van der Waals surface area (Å²) in [4.78, 5) is 0. The SMILES string of the molecule is CC[C@@H](C)Oc1ccc([C@@H](C)NC(C)C)cc1. The van der Waals surface area contributed by atoms with Gasteiger partial charge in [-0.25, -0.2) is 0 Å². The Kier molecular flexibility index (Phi) is 5.49. The molecule has 1 aromatic carbocycles. The zero-order chi connectivity index (χ0) is 12.8. The lowest BCUT2D eigenvalue weighted by Crippen LogP contribution is -2.25. The maximum absolute atomic E-state index is 5.76. The fourth-order valence-corrected chi connectivity index (χ4v) is 1.75. The van der Waals surface area contributed by atoms with Gasteiger partial charge in [-0.05, 0) is 38.0 Å². The normalized spacial score (nSPS) is 14.7. The quantitative estimate of drug-likeness (QED) is 0.807. The first kappa shape index (κ1) is 14.0. The summed E-state index contributed by atoms with van der Waals surface area (Å²) >= 11 is 0. The van der Waals surface area contributed by atoms with Crippen molar-refractivity contribution in [2.75, 3.05) is 0 Å². The van der Waals surface area contributed by atoms with E-state index in [2.05, 4.69) is 64.2 Å². The van der Waals surface area contributed by atoms with Gasteiger partial charge in [0, 0.05) is 12.1 Å². The third-order valence-electron chi connectivity index (χ3n) is 2.88. The molecule has 0 unspecified atom stereocenters. The van der Waals surface area contributed by atoms with Crippen LogP contribution in [-0.2, 0) is 0 Å². The highest BCUT2D eigenvalue weighted by Gasteiger charge is 2.07. The van der Waals surface area contributed by atoms with E-state index in [1.807, 2.05) is 0 Å². The van der Waals surface area contributed by atoms with Crippen LogP contribution in [0.5, 0.6) is 5.75 Å². The minimum atomic E-state index is 0.284. The Balaban J connectivity index is 2.61. The van der Waals surface area contributed by atoms with Crippen LogP contribution in [0.15, 0.2) is 24.3 Å². The van der Waals surface area contributed by atoms with Crippen LogP contribution in [0, 0.1) is 0 Å². The molecule has 17 heavy (non-hydrogen) atoms. The van der Waals surface area contributed by atoms with E-state index in [1.165, 1.54) is 5.56 Å². The van der Waals surface area contributed by atoms with Crippen LogP contribution in [0.3, 0.4) is 0 Å². The Morgan fingerprint density at radius 1 is 1.06 bits per heavy atom. The van der Waals surface area contributed by atoms with Crippen molar-refractivity contribution >= 4 is 0 Å². The standard InChI is InChI=1S/C15H25NO/c1-6-12(4)17-15-9-7-14(8-10-15)13(5)16-11(2)3/h7-13,16H,6H2,1-5H3/t12-,13-/m1/s1. The van der Waals surface area contributed by atoms with Crippen molar-refractivity contribution < 1.29 is 4.74 Å². The minimum absolute atomic E-state index is 0.284. The van der Waals surface area contributed by atoms with Crippen LogP contribution < -0.4 is 10.1 Å². The van der Waals surface area contributed by atoms with Gasteiger partial charge in [-0.2, -0.15) is 0 Å². The smallest absolute Gasteiger partial charge is 0.119 e. The lowest BCUT2D eigenvalue weighted by Gasteiger charge is -2.18. The first-order valence-corrected chi connectivity index (χ1v) is 6.55. The zero-order valence-electron chi connectivity index (χ0n) is 11.7. The molecule has 1 rings (SSSR count). The summed E-state index contributed by atoms with van der Waals surface area (Å²) in [5.74, 6) is 0.958. The third-order valence-corrected chi connectivity index (χ3v) is 2.88. The summed E-state index contributed by atoms with van der Waals surface area (Å²) in [6.07, 6.45) is 1.32. The lowest BCUT2D eigenvalue weighted by atomic mass is 10.1. The van der Waals surface area contributed by atoms with Crippen molar-refractivity contribution in [3.05, 3.63) is 29.8 Å². The molecule has 2 nitrogen and oxygen atoms in total. The predicted octanol–water partition coefficient (Wildman–Crippen LogP) is 3.92. The summed E-state index contributed by atoms with van der Waals surface area (Å²) in [6, 6.07) is 9.27. The molecule has 0 heterocycles. The first-order chi connectivity index (χ1) is 8.02. The molecule has 0 aromatic heterocycles. The second kappa shape index (κ2) is 6.65. The molecule has 0 saturated carbocycles. The van der Waals surface area contributed by atoms with Gasteiger partial charge in [0.05, 0.1) is 6.10 Å². The molecule has 0 aliphatic rings. The second-order valence-corrected chi connectivity index (χ2v) is 4.95. The van der Waals surface area contributed by atoms with E-state index < -0.39 is 0 Å². The van der Waals surface area contributed by atoms with Crippen molar-refractivity contribution in [1.82, 2.24) is 5.32 Å². The van der Waals surface area contributed by atoms with Gasteiger partial charge in [-0.3, -0.25) is 0 Å². The van der Waals surface area contributed by atoms with Gasteiger partial charge in [-0.15, -0.1) is 0 Å². The second-order valence-electron chi connectivity index (χ2n) is 4.95. The largest absolute Gasteiger partial charge is 0.491 e. The highest BCUT2D eigenvalue weighted by Crippen LogP contribution is 2.19.